The summed E-state index contributed by atoms with van der Waals surface area (Å²) >= 11 is 8.99. The van der Waals surface area contributed by atoms with Crippen molar-refractivity contribution < 1.29 is 8.42 Å². The smallest absolute Gasteiger partial charge is 0.207 e. The van der Waals surface area contributed by atoms with Gasteiger partial charge in [-0.1, -0.05) is 27.5 Å². The lowest BCUT2D eigenvalue weighted by atomic mass is 10.4. The van der Waals surface area contributed by atoms with Crippen LogP contribution in [0.4, 0.5) is 0 Å². The molecule has 16 heavy (non-hydrogen) atoms. The lowest BCUT2D eigenvalue weighted by Crippen LogP contribution is -2.27. The summed E-state index contributed by atoms with van der Waals surface area (Å²) in [4.78, 5) is -0.0127. The molecule has 4 nitrogen and oxygen atoms in total. The van der Waals surface area contributed by atoms with E-state index in [1.807, 2.05) is 0 Å². The molecule has 0 aliphatic carbocycles. The third-order valence-electron chi connectivity index (χ3n) is 1.87. The first-order chi connectivity index (χ1) is 7.39. The molecule has 0 saturated heterocycles. The quantitative estimate of drug-likeness (QED) is 0.802. The molecule has 0 bridgehead atoms. The Morgan fingerprint density at radius 3 is 2.75 bits per heavy atom. The highest BCUT2D eigenvalue weighted by molar-refractivity contribution is 9.10. The van der Waals surface area contributed by atoms with Gasteiger partial charge in [0.25, 0.3) is 0 Å². The first-order valence-corrected chi connectivity index (χ1v) is 6.79. The van der Waals surface area contributed by atoms with Crippen LogP contribution in [0, 0.1) is 11.3 Å². The summed E-state index contributed by atoms with van der Waals surface area (Å²) in [7, 11) is -2.38. The molecule has 1 aromatic rings. The van der Waals surface area contributed by atoms with Gasteiger partial charge in [-0.2, -0.15) is 9.57 Å². The number of rotatable bonds is 3. The fraction of sp³-hybridized carbons (Fsp3) is 0.222. The molecule has 0 aliphatic heterocycles. The van der Waals surface area contributed by atoms with Crippen LogP contribution in [0.3, 0.4) is 0 Å². The number of sulfonamides is 1. The van der Waals surface area contributed by atoms with Crippen molar-refractivity contribution in [3.8, 4) is 6.07 Å². The van der Waals surface area contributed by atoms with E-state index in [1.165, 1.54) is 19.2 Å². The van der Waals surface area contributed by atoms with Gasteiger partial charge in [0.15, 0.2) is 0 Å². The van der Waals surface area contributed by atoms with E-state index in [4.69, 9.17) is 16.9 Å². The van der Waals surface area contributed by atoms with E-state index in [0.717, 1.165) is 4.31 Å². The summed E-state index contributed by atoms with van der Waals surface area (Å²) in [6.07, 6.45) is 0. The molecule has 1 rings (SSSR count). The summed E-state index contributed by atoms with van der Waals surface area (Å²) < 4.78 is 25.5. The van der Waals surface area contributed by atoms with Gasteiger partial charge < -0.3 is 0 Å². The van der Waals surface area contributed by atoms with Crippen LogP contribution in [0.25, 0.3) is 0 Å². The molecule has 7 heteroatoms. The van der Waals surface area contributed by atoms with Gasteiger partial charge in [0.05, 0.1) is 11.1 Å². The summed E-state index contributed by atoms with van der Waals surface area (Å²) in [5, 5.41) is 8.60. The van der Waals surface area contributed by atoms with Crippen molar-refractivity contribution >= 4 is 37.6 Å². The van der Waals surface area contributed by atoms with Crippen molar-refractivity contribution in [2.75, 3.05) is 13.6 Å². The number of benzene rings is 1. The number of hydrogen-bond donors (Lipinski definition) is 0. The Morgan fingerprint density at radius 2 is 2.19 bits per heavy atom. The van der Waals surface area contributed by atoms with Gasteiger partial charge in [-0.3, -0.25) is 0 Å². The van der Waals surface area contributed by atoms with Crippen LogP contribution in [-0.4, -0.2) is 26.3 Å². The molecule has 1 aromatic carbocycles. The van der Waals surface area contributed by atoms with Crippen LogP contribution in [0.5, 0.6) is 0 Å². The molecule has 0 atom stereocenters. The molecule has 0 heterocycles. The standard InChI is InChI=1S/C9H8BrClN2O2S/c1-13(5-4-12)16(14,15)9-6-7(10)2-3-8(9)11/h2-3,6H,5H2,1H3. The van der Waals surface area contributed by atoms with E-state index < -0.39 is 10.0 Å². The first kappa shape index (κ1) is 13.5. The van der Waals surface area contributed by atoms with E-state index in [-0.39, 0.29) is 16.5 Å². The predicted octanol–water partition coefficient (Wildman–Crippen LogP) is 2.25. The number of nitrogens with zero attached hydrogens (tertiary/aromatic N) is 2. The maximum absolute atomic E-state index is 12.0. The molecule has 86 valence electrons. The largest absolute Gasteiger partial charge is 0.245 e. The molecule has 0 saturated carbocycles. The highest BCUT2D eigenvalue weighted by Gasteiger charge is 2.23. The van der Waals surface area contributed by atoms with Crippen molar-refractivity contribution in [1.82, 2.24) is 4.31 Å². The van der Waals surface area contributed by atoms with Gasteiger partial charge in [0.1, 0.15) is 11.4 Å². The number of nitriles is 1. The Bertz CT molecular complexity index is 539. The zero-order valence-corrected chi connectivity index (χ0v) is 11.5. The fourth-order valence-electron chi connectivity index (χ4n) is 1.03. The van der Waals surface area contributed by atoms with E-state index in [1.54, 1.807) is 12.1 Å². The molecule has 0 unspecified atom stereocenters. The summed E-state index contributed by atoms with van der Waals surface area (Å²) in [5.74, 6) is 0. The van der Waals surface area contributed by atoms with Crippen LogP contribution >= 0.6 is 27.5 Å². The Kier molecular flexibility index (Phi) is 4.33. The maximum Gasteiger partial charge on any atom is 0.245 e. The van der Waals surface area contributed by atoms with Gasteiger partial charge in [-0.15, -0.1) is 0 Å². The SMILES string of the molecule is CN(CC#N)S(=O)(=O)c1cc(Br)ccc1Cl. The Morgan fingerprint density at radius 1 is 1.56 bits per heavy atom. The van der Waals surface area contributed by atoms with Gasteiger partial charge in [-0.05, 0) is 18.2 Å². The Labute approximate surface area is 108 Å². The molecule has 0 aromatic heterocycles. The highest BCUT2D eigenvalue weighted by atomic mass is 79.9. The Balaban J connectivity index is 3.28. The van der Waals surface area contributed by atoms with Crippen LogP contribution in [0.1, 0.15) is 0 Å². The van der Waals surface area contributed by atoms with Crippen LogP contribution in [0.15, 0.2) is 27.6 Å². The average molecular weight is 324 g/mol. The molecule has 0 N–H and O–H groups in total. The lowest BCUT2D eigenvalue weighted by Gasteiger charge is -2.14. The Hall–Kier alpha value is -0.610. The third-order valence-corrected chi connectivity index (χ3v) is 4.65. The second kappa shape index (κ2) is 5.15. The number of hydrogen-bond acceptors (Lipinski definition) is 3. The van der Waals surface area contributed by atoms with E-state index in [0.29, 0.717) is 4.47 Å². The first-order valence-electron chi connectivity index (χ1n) is 4.18. The monoisotopic (exact) mass is 322 g/mol. The number of halogens is 2. The summed E-state index contributed by atoms with van der Waals surface area (Å²) in [6, 6.07) is 6.31. The molecule has 0 spiro atoms. The second-order valence-electron chi connectivity index (χ2n) is 2.99. The van der Waals surface area contributed by atoms with Crippen molar-refractivity contribution in [1.29, 1.82) is 5.26 Å². The minimum Gasteiger partial charge on any atom is -0.207 e. The molecule has 0 radical (unpaired) electrons. The maximum atomic E-state index is 12.0. The lowest BCUT2D eigenvalue weighted by molar-refractivity contribution is 0.501. The molecule has 0 aliphatic rings. The second-order valence-corrected chi connectivity index (χ2v) is 6.33. The minimum atomic E-state index is -3.71. The minimum absolute atomic E-state index is 0.0127. The predicted molar refractivity (Wildman–Crippen MR) is 64.6 cm³/mol. The zero-order valence-electron chi connectivity index (χ0n) is 8.31. The van der Waals surface area contributed by atoms with Gasteiger partial charge in [-0.25, -0.2) is 8.42 Å². The molecule has 0 fully saturated rings. The van der Waals surface area contributed by atoms with E-state index >= 15 is 0 Å². The van der Waals surface area contributed by atoms with Crippen molar-refractivity contribution in [3.63, 3.8) is 0 Å². The highest BCUT2D eigenvalue weighted by Crippen LogP contribution is 2.27. The van der Waals surface area contributed by atoms with Gasteiger partial charge >= 0.3 is 0 Å². The zero-order chi connectivity index (χ0) is 12.3. The third kappa shape index (κ3) is 2.74. The van der Waals surface area contributed by atoms with Crippen LogP contribution in [-0.2, 0) is 10.0 Å². The topological polar surface area (TPSA) is 61.2 Å². The van der Waals surface area contributed by atoms with Crippen LogP contribution < -0.4 is 0 Å². The van der Waals surface area contributed by atoms with Gasteiger partial charge in [0, 0.05) is 11.5 Å². The van der Waals surface area contributed by atoms with E-state index in [2.05, 4.69) is 15.9 Å². The van der Waals surface area contributed by atoms with Crippen molar-refractivity contribution in [2.45, 2.75) is 4.90 Å². The molecule has 0 amide bonds. The summed E-state index contributed by atoms with van der Waals surface area (Å²) in [5.41, 5.74) is 0. The normalized spacial score (nSPS) is 11.4. The molecular weight excluding hydrogens is 316 g/mol. The van der Waals surface area contributed by atoms with Gasteiger partial charge in [0.2, 0.25) is 10.0 Å². The summed E-state index contributed by atoms with van der Waals surface area (Å²) in [6.45, 7) is -0.217. The van der Waals surface area contributed by atoms with E-state index in [9.17, 15) is 8.42 Å². The van der Waals surface area contributed by atoms with Crippen molar-refractivity contribution in [3.05, 3.63) is 27.7 Å². The average Bonchev–Trinajstić information content (AvgIpc) is 2.22. The fourth-order valence-corrected chi connectivity index (χ4v) is 3.10. The molecular formula is C9H8BrClN2O2S. The van der Waals surface area contributed by atoms with Crippen LogP contribution in [0.2, 0.25) is 5.02 Å². The van der Waals surface area contributed by atoms with Crippen molar-refractivity contribution in [2.24, 2.45) is 0 Å².